The number of hydrogen-bond acceptors (Lipinski definition) is 7. The highest BCUT2D eigenvalue weighted by Gasteiger charge is 2.59. The van der Waals surface area contributed by atoms with Gasteiger partial charge in [0.15, 0.2) is 0 Å². The topological polar surface area (TPSA) is 120 Å². The monoisotopic (exact) mass is 339 g/mol. The van der Waals surface area contributed by atoms with E-state index in [-0.39, 0.29) is 19.4 Å². The van der Waals surface area contributed by atoms with Crippen LogP contribution in [0.15, 0.2) is 12.3 Å². The zero-order chi connectivity index (χ0) is 17.2. The van der Waals surface area contributed by atoms with E-state index in [1.54, 1.807) is 13.0 Å². The van der Waals surface area contributed by atoms with Gasteiger partial charge in [-0.2, -0.15) is 10.3 Å². The van der Waals surface area contributed by atoms with E-state index in [1.165, 1.54) is 11.1 Å². The highest BCUT2D eigenvalue weighted by atomic mass is 32.1. The summed E-state index contributed by atoms with van der Waals surface area (Å²) in [6.45, 7) is 1.37. The number of nitriles is 1. The van der Waals surface area contributed by atoms with Crippen LogP contribution in [0.2, 0.25) is 0 Å². The van der Waals surface area contributed by atoms with Gasteiger partial charge >= 0.3 is 17.7 Å². The number of hydroxylamine groups is 2. The minimum absolute atomic E-state index is 0.131. The average molecular weight is 339 g/mol. The minimum atomic E-state index is -2.16. The van der Waals surface area contributed by atoms with Crippen molar-refractivity contribution in [2.24, 2.45) is 0 Å². The number of esters is 1. The van der Waals surface area contributed by atoms with Gasteiger partial charge in [-0.15, -0.1) is 0 Å². The Balaban J connectivity index is 2.29. The second-order valence-electron chi connectivity index (χ2n) is 4.88. The molecule has 0 aromatic rings. The Morgan fingerprint density at radius 3 is 2.78 bits per heavy atom. The van der Waals surface area contributed by atoms with Gasteiger partial charge in [-0.05, 0) is 6.92 Å². The maximum Gasteiger partial charge on any atom is 0.372 e. The third-order valence-corrected chi connectivity index (χ3v) is 3.68. The number of rotatable bonds is 4. The number of carbonyl (C=O) groups is 3. The Kier molecular flexibility index (Phi) is 4.63. The van der Waals surface area contributed by atoms with E-state index in [2.05, 4.69) is 0 Å². The molecule has 2 saturated heterocycles. The molecule has 1 amide bonds. The molecule has 2 rings (SSSR count). The van der Waals surface area contributed by atoms with Crippen molar-refractivity contribution in [2.75, 3.05) is 6.61 Å². The largest absolute Gasteiger partial charge is 0.477 e. The Hall–Kier alpha value is -2.51. The second-order valence-corrected chi connectivity index (χ2v) is 5.47. The van der Waals surface area contributed by atoms with Crippen LogP contribution in [0.4, 0.5) is 0 Å². The van der Waals surface area contributed by atoms with Crippen molar-refractivity contribution in [1.82, 2.24) is 9.96 Å². The normalized spacial score (nSPS) is 27.1. The third kappa shape index (κ3) is 2.88. The minimum Gasteiger partial charge on any atom is -0.477 e. The van der Waals surface area contributed by atoms with Crippen LogP contribution in [0.1, 0.15) is 19.8 Å². The van der Waals surface area contributed by atoms with E-state index >= 15 is 0 Å². The Bertz CT molecular complexity index is 642. The summed E-state index contributed by atoms with van der Waals surface area (Å²) in [6.07, 6.45) is 2.11. The standard InChI is InChI=1S/C13H13N3O6S/c1-8(23)15(6-2-5-14)9-7-21-16(11(9)18)13(12(19)20)4-3-10(17)22-13/h2,6,9H,3-4,7H2,1H3,(H,19,20)/t9-,13?/m0/s1. The summed E-state index contributed by atoms with van der Waals surface area (Å²) in [6, 6.07) is 0.841. The summed E-state index contributed by atoms with van der Waals surface area (Å²) < 4.78 is 4.85. The van der Waals surface area contributed by atoms with Gasteiger partial charge in [0.2, 0.25) is 0 Å². The van der Waals surface area contributed by atoms with Crippen molar-refractivity contribution in [1.29, 1.82) is 5.26 Å². The van der Waals surface area contributed by atoms with E-state index in [9.17, 15) is 19.5 Å². The highest BCUT2D eigenvalue weighted by Crippen LogP contribution is 2.34. The Morgan fingerprint density at radius 1 is 1.61 bits per heavy atom. The number of carbonyl (C=O) groups excluding carboxylic acids is 2. The van der Waals surface area contributed by atoms with Crippen molar-refractivity contribution in [3.63, 3.8) is 0 Å². The van der Waals surface area contributed by atoms with Crippen molar-refractivity contribution in [2.45, 2.75) is 31.5 Å². The van der Waals surface area contributed by atoms with Crippen molar-refractivity contribution in [3.8, 4) is 6.07 Å². The molecule has 2 aliphatic heterocycles. The molecular formula is C13H13N3O6S. The number of nitrogens with zero attached hydrogens (tertiary/aromatic N) is 3. The summed E-state index contributed by atoms with van der Waals surface area (Å²) in [5, 5.41) is 18.6. The summed E-state index contributed by atoms with van der Waals surface area (Å²) in [4.78, 5) is 42.2. The van der Waals surface area contributed by atoms with Gasteiger partial charge in [-0.25, -0.2) is 4.79 Å². The van der Waals surface area contributed by atoms with Gasteiger partial charge in [0, 0.05) is 18.7 Å². The summed E-state index contributed by atoms with van der Waals surface area (Å²) in [5.74, 6) is -2.93. The van der Waals surface area contributed by atoms with Crippen molar-refractivity contribution >= 4 is 35.1 Å². The number of ether oxygens (including phenoxy) is 1. The molecule has 2 fully saturated rings. The smallest absolute Gasteiger partial charge is 0.372 e. The Labute approximate surface area is 136 Å². The number of thiocarbonyl (C=S) groups is 1. The molecule has 122 valence electrons. The first-order valence-electron chi connectivity index (χ1n) is 6.61. The molecule has 10 heteroatoms. The van der Waals surface area contributed by atoms with E-state index < -0.39 is 29.6 Å². The zero-order valence-corrected chi connectivity index (χ0v) is 12.9. The fraction of sp³-hybridized carbons (Fsp3) is 0.462. The fourth-order valence-electron chi connectivity index (χ4n) is 2.38. The van der Waals surface area contributed by atoms with E-state index in [4.69, 9.17) is 27.1 Å². The molecule has 0 aromatic heterocycles. The quantitative estimate of drug-likeness (QED) is 0.426. The summed E-state index contributed by atoms with van der Waals surface area (Å²) >= 11 is 5.03. The molecular weight excluding hydrogens is 326 g/mol. The lowest BCUT2D eigenvalue weighted by Crippen LogP contribution is -2.56. The lowest BCUT2D eigenvalue weighted by atomic mass is 10.1. The lowest BCUT2D eigenvalue weighted by molar-refractivity contribution is -0.256. The average Bonchev–Trinajstić information content (AvgIpc) is 3.04. The van der Waals surface area contributed by atoms with Crippen LogP contribution < -0.4 is 0 Å². The molecule has 1 N–H and O–H groups in total. The number of amides is 1. The molecule has 0 bridgehead atoms. The second kappa shape index (κ2) is 6.31. The third-order valence-electron chi connectivity index (χ3n) is 3.47. The van der Waals surface area contributed by atoms with Crippen LogP contribution in [0.3, 0.4) is 0 Å². The molecule has 9 nitrogen and oxygen atoms in total. The van der Waals surface area contributed by atoms with Gasteiger partial charge in [0.1, 0.15) is 12.6 Å². The zero-order valence-electron chi connectivity index (χ0n) is 12.1. The molecule has 1 unspecified atom stereocenters. The highest BCUT2D eigenvalue weighted by molar-refractivity contribution is 7.80. The van der Waals surface area contributed by atoms with E-state index in [1.807, 2.05) is 0 Å². The first kappa shape index (κ1) is 16.9. The molecule has 0 spiro atoms. The van der Waals surface area contributed by atoms with Crippen LogP contribution in [-0.4, -0.2) is 56.3 Å². The van der Waals surface area contributed by atoms with Crippen LogP contribution in [0.25, 0.3) is 0 Å². The van der Waals surface area contributed by atoms with Crippen LogP contribution in [-0.2, 0) is 24.0 Å². The Morgan fingerprint density at radius 2 is 2.30 bits per heavy atom. The predicted octanol–water partition coefficient (Wildman–Crippen LogP) is -0.0667. The molecule has 0 aromatic carbocycles. The molecule has 23 heavy (non-hydrogen) atoms. The lowest BCUT2D eigenvalue weighted by Gasteiger charge is -2.31. The molecule has 0 aliphatic carbocycles. The first-order valence-corrected chi connectivity index (χ1v) is 7.01. The molecule has 0 saturated carbocycles. The predicted molar refractivity (Wildman–Crippen MR) is 77.1 cm³/mol. The molecule has 0 radical (unpaired) electrons. The molecule has 2 atom stereocenters. The maximum atomic E-state index is 12.5. The number of hydrogen-bond donors (Lipinski definition) is 1. The van der Waals surface area contributed by atoms with Gasteiger partial charge in [-0.1, -0.05) is 12.2 Å². The summed E-state index contributed by atoms with van der Waals surface area (Å²) in [7, 11) is 0. The number of allylic oxidation sites excluding steroid dienone is 1. The van der Waals surface area contributed by atoms with E-state index in [0.717, 1.165) is 6.08 Å². The van der Waals surface area contributed by atoms with Crippen molar-refractivity contribution < 1.29 is 29.1 Å². The van der Waals surface area contributed by atoms with E-state index in [0.29, 0.717) is 10.1 Å². The van der Waals surface area contributed by atoms with Gasteiger partial charge in [0.25, 0.3) is 5.91 Å². The number of carboxylic acid groups (broad SMARTS) is 1. The molecule has 2 heterocycles. The number of cyclic esters (lactones) is 1. The maximum absolute atomic E-state index is 12.5. The van der Waals surface area contributed by atoms with Gasteiger partial charge < -0.3 is 14.7 Å². The first-order chi connectivity index (χ1) is 10.8. The number of carboxylic acids is 1. The van der Waals surface area contributed by atoms with Gasteiger partial charge in [-0.3, -0.25) is 14.4 Å². The fourth-order valence-corrected chi connectivity index (χ4v) is 2.57. The molecule has 2 aliphatic rings. The van der Waals surface area contributed by atoms with Crippen LogP contribution >= 0.6 is 12.2 Å². The summed E-state index contributed by atoms with van der Waals surface area (Å²) in [5.41, 5.74) is -2.16. The van der Waals surface area contributed by atoms with Crippen LogP contribution in [0.5, 0.6) is 0 Å². The number of aliphatic carboxylic acids is 1. The van der Waals surface area contributed by atoms with Gasteiger partial charge in [0.05, 0.1) is 17.5 Å². The van der Waals surface area contributed by atoms with Crippen LogP contribution in [0, 0.1) is 11.3 Å². The van der Waals surface area contributed by atoms with Crippen molar-refractivity contribution in [3.05, 3.63) is 12.3 Å². The SMILES string of the molecule is CC(=S)N(C=CC#N)[C@H]1CON(C2(C(=O)O)CCC(=O)O2)C1=O.